The summed E-state index contributed by atoms with van der Waals surface area (Å²) >= 11 is 6.89. The monoisotopic (exact) mass is 449 g/mol. The lowest BCUT2D eigenvalue weighted by Crippen LogP contribution is -2.35. The van der Waals surface area contributed by atoms with Crippen molar-refractivity contribution in [3.63, 3.8) is 0 Å². The van der Waals surface area contributed by atoms with Gasteiger partial charge in [0.1, 0.15) is 16.6 Å². The van der Waals surface area contributed by atoms with E-state index >= 15 is 0 Å². The van der Waals surface area contributed by atoms with Gasteiger partial charge in [-0.3, -0.25) is 4.31 Å². The number of esters is 1. The highest BCUT2D eigenvalue weighted by Gasteiger charge is 2.36. The summed E-state index contributed by atoms with van der Waals surface area (Å²) < 4.78 is 37.2. The van der Waals surface area contributed by atoms with Crippen molar-refractivity contribution in [2.75, 3.05) is 4.31 Å². The van der Waals surface area contributed by atoms with Gasteiger partial charge in [-0.2, -0.15) is 0 Å². The minimum absolute atomic E-state index is 0.0314. The molecule has 0 saturated carbocycles. The Bertz CT molecular complexity index is 1180. The maximum absolute atomic E-state index is 13.3. The van der Waals surface area contributed by atoms with Crippen molar-refractivity contribution in [1.82, 2.24) is 9.59 Å². The highest BCUT2D eigenvalue weighted by Crippen LogP contribution is 2.36. The van der Waals surface area contributed by atoms with Crippen molar-refractivity contribution in [2.45, 2.75) is 30.9 Å². The van der Waals surface area contributed by atoms with Gasteiger partial charge < -0.3 is 4.74 Å². The van der Waals surface area contributed by atoms with Gasteiger partial charge in [0, 0.05) is 17.6 Å². The standard InChI is InChI=1S/C19H16ClN3O4S2/c1-12-9-13-5-2-3-8-17(13)23(12)29(25,26)15-7-4-6-14(10-15)19(24)27-11-16-18(20)28-22-21-16/h2-8,10,12H,9,11H2,1H3/t12-/m0/s1. The maximum Gasteiger partial charge on any atom is 0.338 e. The zero-order chi connectivity index (χ0) is 20.6. The average Bonchev–Trinajstić information content (AvgIpc) is 3.28. The summed E-state index contributed by atoms with van der Waals surface area (Å²) in [4.78, 5) is 12.4. The number of nitrogens with zero attached hydrogens (tertiary/aromatic N) is 3. The molecular formula is C19H16ClN3O4S2. The highest BCUT2D eigenvalue weighted by atomic mass is 35.5. The molecule has 0 radical (unpaired) electrons. The Morgan fingerprint density at radius 1 is 1.28 bits per heavy atom. The van der Waals surface area contributed by atoms with Crippen molar-refractivity contribution < 1.29 is 17.9 Å². The number of fused-ring (bicyclic) bond motifs is 1. The molecule has 2 aromatic carbocycles. The first-order chi connectivity index (χ1) is 13.9. The van der Waals surface area contributed by atoms with E-state index in [1.165, 1.54) is 28.6 Å². The number of aromatic nitrogens is 2. The third-order valence-corrected chi connectivity index (χ3v) is 7.53. The van der Waals surface area contributed by atoms with Gasteiger partial charge in [0.05, 0.1) is 16.1 Å². The van der Waals surface area contributed by atoms with Gasteiger partial charge in [-0.15, -0.1) is 5.10 Å². The third-order valence-electron chi connectivity index (χ3n) is 4.62. The number of rotatable bonds is 5. The van der Waals surface area contributed by atoms with Gasteiger partial charge >= 0.3 is 5.97 Å². The largest absolute Gasteiger partial charge is 0.455 e. The van der Waals surface area contributed by atoms with Crippen LogP contribution in [0.25, 0.3) is 0 Å². The molecule has 0 spiro atoms. The molecule has 1 aliphatic heterocycles. The summed E-state index contributed by atoms with van der Waals surface area (Å²) in [7, 11) is -3.84. The topological polar surface area (TPSA) is 89.5 Å². The Balaban J connectivity index is 1.59. The number of halogens is 1. The van der Waals surface area contributed by atoms with Crippen molar-refractivity contribution >= 4 is 44.8 Å². The zero-order valence-corrected chi connectivity index (χ0v) is 17.7. The number of hydrogen-bond donors (Lipinski definition) is 0. The predicted molar refractivity (Wildman–Crippen MR) is 110 cm³/mol. The highest BCUT2D eigenvalue weighted by molar-refractivity contribution is 7.92. The molecule has 10 heteroatoms. The van der Waals surface area contributed by atoms with Crippen molar-refractivity contribution in [2.24, 2.45) is 0 Å². The van der Waals surface area contributed by atoms with Crippen LogP contribution < -0.4 is 4.31 Å². The normalized spacial score (nSPS) is 15.9. The van der Waals surface area contributed by atoms with Gasteiger partial charge in [0.25, 0.3) is 10.0 Å². The molecule has 0 amide bonds. The summed E-state index contributed by atoms with van der Waals surface area (Å²) in [6, 6.07) is 13.0. The van der Waals surface area contributed by atoms with Crippen LogP contribution in [0.3, 0.4) is 0 Å². The van der Waals surface area contributed by atoms with Crippen LogP contribution in [0.1, 0.15) is 28.5 Å². The summed E-state index contributed by atoms with van der Waals surface area (Å²) in [5.41, 5.74) is 2.13. The maximum atomic E-state index is 13.3. The number of sulfonamides is 1. The Labute approximate surface area is 177 Å². The molecule has 7 nitrogen and oxygen atoms in total. The van der Waals surface area contributed by atoms with Gasteiger partial charge in [0.15, 0.2) is 0 Å². The van der Waals surface area contributed by atoms with E-state index in [9.17, 15) is 13.2 Å². The van der Waals surface area contributed by atoms with E-state index in [2.05, 4.69) is 9.59 Å². The predicted octanol–water partition coefficient (Wildman–Crippen LogP) is 3.69. The molecule has 150 valence electrons. The molecule has 2 heterocycles. The van der Waals surface area contributed by atoms with Crippen LogP contribution >= 0.6 is 23.1 Å². The van der Waals surface area contributed by atoms with Gasteiger partial charge in [-0.25, -0.2) is 13.2 Å². The zero-order valence-electron chi connectivity index (χ0n) is 15.3. The Morgan fingerprint density at radius 2 is 2.07 bits per heavy atom. The number of carbonyl (C=O) groups excluding carboxylic acids is 1. The van der Waals surface area contributed by atoms with E-state index in [4.69, 9.17) is 16.3 Å². The Kier molecular flexibility index (Phi) is 5.28. The van der Waals surface area contributed by atoms with Crippen LogP contribution in [0, 0.1) is 0 Å². The van der Waals surface area contributed by atoms with Gasteiger partial charge in [0.2, 0.25) is 0 Å². The molecule has 29 heavy (non-hydrogen) atoms. The molecule has 0 N–H and O–H groups in total. The number of carbonyl (C=O) groups is 1. The molecule has 0 fully saturated rings. The minimum Gasteiger partial charge on any atom is -0.455 e. The first kappa shape index (κ1) is 19.8. The van der Waals surface area contributed by atoms with Gasteiger partial charge in [-0.1, -0.05) is 40.4 Å². The summed E-state index contributed by atoms with van der Waals surface area (Å²) in [5.74, 6) is -0.666. The van der Waals surface area contributed by atoms with E-state index in [1.807, 2.05) is 25.1 Å². The fraction of sp³-hybridized carbons (Fsp3) is 0.211. The third kappa shape index (κ3) is 3.73. The van der Waals surface area contributed by atoms with Crippen molar-refractivity contribution in [3.8, 4) is 0 Å². The Morgan fingerprint density at radius 3 is 2.83 bits per heavy atom. The summed E-state index contributed by atoms with van der Waals surface area (Å²) in [6.45, 7) is 1.73. The SMILES string of the molecule is C[C@H]1Cc2ccccc2N1S(=O)(=O)c1cccc(C(=O)OCc2nnsc2Cl)c1. The van der Waals surface area contributed by atoms with E-state index in [0.29, 0.717) is 22.1 Å². The summed E-state index contributed by atoms with van der Waals surface area (Å²) in [5, 5.41) is 3.78. The molecule has 0 saturated heterocycles. The average molecular weight is 450 g/mol. The second kappa shape index (κ2) is 7.74. The number of para-hydroxylation sites is 1. The Hall–Kier alpha value is -2.49. The first-order valence-corrected chi connectivity index (χ1v) is 11.3. The molecule has 1 aromatic heterocycles. The lowest BCUT2D eigenvalue weighted by Gasteiger charge is -2.24. The number of benzene rings is 2. The molecule has 1 atom stereocenters. The van der Waals surface area contributed by atoms with Crippen LogP contribution in [0.15, 0.2) is 53.4 Å². The molecular weight excluding hydrogens is 434 g/mol. The van der Waals surface area contributed by atoms with Crippen LogP contribution in [0.2, 0.25) is 4.34 Å². The molecule has 3 aromatic rings. The van der Waals surface area contributed by atoms with E-state index < -0.39 is 16.0 Å². The van der Waals surface area contributed by atoms with Crippen molar-refractivity contribution in [3.05, 3.63) is 69.7 Å². The van der Waals surface area contributed by atoms with E-state index in [1.54, 1.807) is 6.07 Å². The molecule has 0 unspecified atom stereocenters. The van der Waals surface area contributed by atoms with Crippen LogP contribution in [-0.4, -0.2) is 30.0 Å². The fourth-order valence-electron chi connectivity index (χ4n) is 3.30. The minimum atomic E-state index is -3.84. The number of anilines is 1. The molecule has 4 rings (SSSR count). The lowest BCUT2D eigenvalue weighted by molar-refractivity contribution is 0.0467. The number of ether oxygens (including phenoxy) is 1. The second-order valence-electron chi connectivity index (χ2n) is 6.58. The number of hydrogen-bond acceptors (Lipinski definition) is 7. The quantitative estimate of drug-likeness (QED) is 0.552. The van der Waals surface area contributed by atoms with E-state index in [-0.39, 0.29) is 23.1 Å². The van der Waals surface area contributed by atoms with Gasteiger partial charge in [-0.05, 0) is 43.2 Å². The van der Waals surface area contributed by atoms with Crippen molar-refractivity contribution in [1.29, 1.82) is 0 Å². The molecule has 0 aliphatic carbocycles. The lowest BCUT2D eigenvalue weighted by atomic mass is 10.1. The van der Waals surface area contributed by atoms with E-state index in [0.717, 1.165) is 17.1 Å². The van der Waals surface area contributed by atoms with Crippen LogP contribution in [-0.2, 0) is 27.8 Å². The van der Waals surface area contributed by atoms with Crippen LogP contribution in [0.4, 0.5) is 5.69 Å². The first-order valence-electron chi connectivity index (χ1n) is 8.74. The summed E-state index contributed by atoms with van der Waals surface area (Å²) in [6.07, 6.45) is 0.638. The smallest absolute Gasteiger partial charge is 0.338 e. The second-order valence-corrected chi connectivity index (χ2v) is 9.75. The molecule has 1 aliphatic rings. The fourth-order valence-corrected chi connectivity index (χ4v) is 5.64. The van der Waals surface area contributed by atoms with Crippen LogP contribution in [0.5, 0.6) is 0 Å². The molecule has 0 bridgehead atoms.